The fraction of sp³-hybridized carbons (Fsp3) is 0.800. The topological polar surface area (TPSA) is 26.0 Å². The summed E-state index contributed by atoms with van der Waals surface area (Å²) in [6.07, 6.45) is 5.16. The quantitative estimate of drug-likeness (QED) is 0.494. The van der Waals surface area contributed by atoms with Crippen LogP contribution in [0.15, 0.2) is 13.2 Å². The Hall–Kier alpha value is -0.300. The van der Waals surface area contributed by atoms with Crippen molar-refractivity contribution in [2.24, 2.45) is 5.73 Å². The first-order valence-corrected chi connectivity index (χ1v) is 4.62. The molecule has 70 valence electrons. The molecule has 2 N–H and O–H groups in total. The average Bonchev–Trinajstić information content (AvgIpc) is 2.13. The van der Waals surface area contributed by atoms with Crippen LogP contribution in [-0.2, 0) is 0 Å². The first kappa shape index (κ1) is 17.0. The van der Waals surface area contributed by atoms with Crippen LogP contribution in [-0.4, -0.2) is 6.54 Å². The maximum absolute atomic E-state index is 5.27. The van der Waals surface area contributed by atoms with Crippen LogP contribution in [0.2, 0.25) is 0 Å². The minimum atomic E-state index is 0.861. The summed E-state index contributed by atoms with van der Waals surface area (Å²) in [7, 11) is 0. The van der Waals surface area contributed by atoms with Gasteiger partial charge < -0.3 is 5.73 Å². The van der Waals surface area contributed by atoms with Gasteiger partial charge in [0.1, 0.15) is 0 Å². The molecule has 0 rings (SSSR count). The van der Waals surface area contributed by atoms with Crippen LogP contribution >= 0.6 is 0 Å². The Balaban J connectivity index is -0.000000138. The number of hydrogen-bond donors (Lipinski definition) is 1. The van der Waals surface area contributed by atoms with Gasteiger partial charge in [-0.25, -0.2) is 0 Å². The van der Waals surface area contributed by atoms with Gasteiger partial charge >= 0.3 is 0 Å². The molecule has 0 bridgehead atoms. The van der Waals surface area contributed by atoms with Crippen LogP contribution in [0.3, 0.4) is 0 Å². The van der Waals surface area contributed by atoms with Crippen LogP contribution in [0.4, 0.5) is 0 Å². The standard InChI is InChI=1S/C6H15N.C2H6.C2H4/c1-2-3-4-5-6-7;2*1-2/h2-7H2,1H3;1-2H3;1-2H2. The molecule has 1 heteroatoms. The van der Waals surface area contributed by atoms with Gasteiger partial charge in [0.25, 0.3) is 0 Å². The molecule has 0 aromatic carbocycles. The van der Waals surface area contributed by atoms with Crippen molar-refractivity contribution in [3.05, 3.63) is 13.2 Å². The normalized spacial score (nSPS) is 6.91. The molecular formula is C10H25N. The smallest absolute Gasteiger partial charge is 0.00773 e. The molecule has 0 aromatic rings. The van der Waals surface area contributed by atoms with Crippen LogP contribution in [0, 0.1) is 0 Å². The van der Waals surface area contributed by atoms with Crippen molar-refractivity contribution in [2.75, 3.05) is 6.54 Å². The molecule has 0 saturated carbocycles. The van der Waals surface area contributed by atoms with Gasteiger partial charge in [-0.1, -0.05) is 40.0 Å². The fourth-order valence-electron chi connectivity index (χ4n) is 0.571. The van der Waals surface area contributed by atoms with Gasteiger partial charge in [-0.3, -0.25) is 0 Å². The Kier molecular flexibility index (Phi) is 51.3. The van der Waals surface area contributed by atoms with Gasteiger partial charge in [-0.15, -0.1) is 13.2 Å². The lowest BCUT2D eigenvalue weighted by Gasteiger charge is -1.90. The van der Waals surface area contributed by atoms with E-state index < -0.39 is 0 Å². The van der Waals surface area contributed by atoms with Crippen molar-refractivity contribution in [1.82, 2.24) is 0 Å². The Morgan fingerprint density at radius 3 is 1.73 bits per heavy atom. The van der Waals surface area contributed by atoms with Crippen LogP contribution < -0.4 is 5.73 Å². The predicted octanol–water partition coefficient (Wildman–Crippen LogP) is 3.35. The van der Waals surface area contributed by atoms with E-state index in [1.165, 1.54) is 25.7 Å². The summed E-state index contributed by atoms with van der Waals surface area (Å²) < 4.78 is 0. The van der Waals surface area contributed by atoms with Gasteiger partial charge in [-0.05, 0) is 13.0 Å². The number of nitrogens with two attached hydrogens (primary N) is 1. The van der Waals surface area contributed by atoms with E-state index >= 15 is 0 Å². The second kappa shape index (κ2) is 33.2. The van der Waals surface area contributed by atoms with Gasteiger partial charge in [0.05, 0.1) is 0 Å². The van der Waals surface area contributed by atoms with E-state index in [1.807, 2.05) is 13.8 Å². The number of hydrogen-bond acceptors (Lipinski definition) is 1. The van der Waals surface area contributed by atoms with E-state index in [0.29, 0.717) is 0 Å². The molecule has 0 fully saturated rings. The van der Waals surface area contributed by atoms with Crippen LogP contribution in [0.5, 0.6) is 0 Å². The third-order valence-electron chi connectivity index (χ3n) is 1.06. The molecule has 0 heterocycles. The SMILES string of the molecule is C=C.CC.CCCCCCN. The molecule has 0 spiro atoms. The highest BCUT2D eigenvalue weighted by atomic mass is 14.5. The highest BCUT2D eigenvalue weighted by Crippen LogP contribution is 1.95. The first-order chi connectivity index (χ1) is 5.41. The maximum Gasteiger partial charge on any atom is -0.00773 e. The van der Waals surface area contributed by atoms with Crippen LogP contribution in [0.1, 0.15) is 46.5 Å². The maximum atomic E-state index is 5.27. The highest BCUT2D eigenvalue weighted by molar-refractivity contribution is 4.38. The summed E-state index contributed by atoms with van der Waals surface area (Å²) in [5.41, 5.74) is 5.27. The Morgan fingerprint density at radius 2 is 1.45 bits per heavy atom. The van der Waals surface area contributed by atoms with Crippen molar-refractivity contribution in [3.63, 3.8) is 0 Å². The lowest BCUT2D eigenvalue weighted by atomic mass is 10.2. The van der Waals surface area contributed by atoms with Gasteiger partial charge in [0, 0.05) is 0 Å². The molecule has 0 unspecified atom stereocenters. The molecule has 0 aliphatic heterocycles. The summed E-state index contributed by atoms with van der Waals surface area (Å²) in [4.78, 5) is 0. The molecule has 1 nitrogen and oxygen atoms in total. The lowest BCUT2D eigenvalue weighted by molar-refractivity contribution is 0.674. The van der Waals surface area contributed by atoms with E-state index in [4.69, 9.17) is 5.73 Å². The first-order valence-electron chi connectivity index (χ1n) is 4.62. The van der Waals surface area contributed by atoms with Crippen molar-refractivity contribution in [3.8, 4) is 0 Å². The Morgan fingerprint density at radius 1 is 1.00 bits per heavy atom. The van der Waals surface area contributed by atoms with E-state index in [1.54, 1.807) is 0 Å². The molecule has 0 aromatic heterocycles. The van der Waals surface area contributed by atoms with E-state index in [-0.39, 0.29) is 0 Å². The average molecular weight is 159 g/mol. The van der Waals surface area contributed by atoms with Crippen molar-refractivity contribution < 1.29 is 0 Å². The number of rotatable bonds is 4. The summed E-state index contributed by atoms with van der Waals surface area (Å²) in [5.74, 6) is 0. The second-order valence-electron chi connectivity index (χ2n) is 1.85. The van der Waals surface area contributed by atoms with Crippen molar-refractivity contribution >= 4 is 0 Å². The van der Waals surface area contributed by atoms with Crippen molar-refractivity contribution in [1.29, 1.82) is 0 Å². The summed E-state index contributed by atoms with van der Waals surface area (Å²) in [6, 6.07) is 0. The zero-order valence-electron chi connectivity index (χ0n) is 8.53. The summed E-state index contributed by atoms with van der Waals surface area (Å²) in [6.45, 7) is 13.1. The third-order valence-corrected chi connectivity index (χ3v) is 1.06. The summed E-state index contributed by atoms with van der Waals surface area (Å²) >= 11 is 0. The van der Waals surface area contributed by atoms with Gasteiger partial charge in [0.2, 0.25) is 0 Å². The Bertz CT molecular complexity index is 31.9. The zero-order valence-corrected chi connectivity index (χ0v) is 8.53. The summed E-state index contributed by atoms with van der Waals surface area (Å²) in [5, 5.41) is 0. The van der Waals surface area contributed by atoms with E-state index in [9.17, 15) is 0 Å². The predicted molar refractivity (Wildman–Crippen MR) is 55.8 cm³/mol. The zero-order chi connectivity index (χ0) is 9.54. The second-order valence-corrected chi connectivity index (χ2v) is 1.85. The van der Waals surface area contributed by atoms with Crippen molar-refractivity contribution in [2.45, 2.75) is 46.5 Å². The largest absolute Gasteiger partial charge is 0.330 e. The minimum absolute atomic E-state index is 0.861. The molecule has 0 radical (unpaired) electrons. The van der Waals surface area contributed by atoms with Gasteiger partial charge in [0.15, 0.2) is 0 Å². The number of unbranched alkanes of at least 4 members (excludes halogenated alkanes) is 3. The molecule has 0 amide bonds. The van der Waals surface area contributed by atoms with Gasteiger partial charge in [-0.2, -0.15) is 0 Å². The third kappa shape index (κ3) is 42.0. The molecular weight excluding hydrogens is 134 g/mol. The van der Waals surface area contributed by atoms with E-state index in [2.05, 4.69) is 20.1 Å². The van der Waals surface area contributed by atoms with E-state index in [0.717, 1.165) is 6.54 Å². The van der Waals surface area contributed by atoms with Crippen LogP contribution in [0.25, 0.3) is 0 Å². The highest BCUT2D eigenvalue weighted by Gasteiger charge is 1.80. The molecule has 0 aliphatic carbocycles. The molecule has 0 aliphatic rings. The molecule has 0 saturated heterocycles. The minimum Gasteiger partial charge on any atom is -0.330 e. The lowest BCUT2D eigenvalue weighted by Crippen LogP contribution is -1.97. The fourth-order valence-corrected chi connectivity index (χ4v) is 0.571. The molecule has 0 atom stereocenters. The molecule has 11 heavy (non-hydrogen) atoms. The Labute approximate surface area is 72.7 Å². The monoisotopic (exact) mass is 159 g/mol.